The topological polar surface area (TPSA) is 52.1 Å². The van der Waals surface area contributed by atoms with Crippen molar-refractivity contribution in [3.8, 4) is 0 Å². The van der Waals surface area contributed by atoms with Gasteiger partial charge in [-0.3, -0.25) is 4.79 Å². The van der Waals surface area contributed by atoms with E-state index in [2.05, 4.69) is 6.92 Å². The van der Waals surface area contributed by atoms with Gasteiger partial charge in [-0.25, -0.2) is 0 Å². The van der Waals surface area contributed by atoms with Gasteiger partial charge >= 0.3 is 0 Å². The highest BCUT2D eigenvalue weighted by Crippen LogP contribution is 2.19. The van der Waals surface area contributed by atoms with Gasteiger partial charge in [0, 0.05) is 10.8 Å². The van der Waals surface area contributed by atoms with E-state index < -0.39 is 0 Å². The summed E-state index contributed by atoms with van der Waals surface area (Å²) in [5.41, 5.74) is 1.45. The lowest BCUT2D eigenvalue weighted by Crippen LogP contribution is -1.76. The number of fused-ring (bicyclic) bond motifs is 1. The molecule has 0 aliphatic carbocycles. The van der Waals surface area contributed by atoms with Gasteiger partial charge in [-0.05, 0) is 12.0 Å². The maximum absolute atomic E-state index is 10.9. The number of aryl methyl sites for hydroxylation is 1. The van der Waals surface area contributed by atoms with Crippen molar-refractivity contribution in [3.05, 3.63) is 34.0 Å². The number of benzene rings is 1. The van der Waals surface area contributed by atoms with Crippen molar-refractivity contribution < 1.29 is 0 Å². The van der Waals surface area contributed by atoms with E-state index >= 15 is 0 Å². The molecular weight excluding hydrogens is 138 g/mol. The van der Waals surface area contributed by atoms with Crippen LogP contribution in [0.15, 0.2) is 23.0 Å². The van der Waals surface area contributed by atoms with Gasteiger partial charge in [0.05, 0.1) is 0 Å². The standard InChI is InChI=1S/C9H8O.H3N/c1-2-6-4-3-5-7-8(6)9(7)10;/h3-5H,2H2,1H3;1H3. The number of hydrogen-bond acceptors (Lipinski definition) is 2. The quantitative estimate of drug-likeness (QED) is 0.672. The minimum Gasteiger partial charge on any atom is -0.344 e. The summed E-state index contributed by atoms with van der Waals surface area (Å²) in [6.07, 6.45) is 0.967. The third kappa shape index (κ3) is 0.955. The molecule has 11 heavy (non-hydrogen) atoms. The first kappa shape index (κ1) is 7.95. The molecule has 3 N–H and O–H groups in total. The van der Waals surface area contributed by atoms with Gasteiger partial charge in [0.1, 0.15) is 0 Å². The Morgan fingerprint density at radius 3 is 2.64 bits per heavy atom. The molecule has 0 heterocycles. The first-order valence-corrected chi connectivity index (χ1v) is 3.51. The third-order valence-corrected chi connectivity index (χ3v) is 1.94. The Bertz CT molecular complexity index is 382. The molecule has 0 atom stereocenters. The van der Waals surface area contributed by atoms with Gasteiger partial charge < -0.3 is 6.15 Å². The van der Waals surface area contributed by atoms with Crippen LogP contribution in [0.3, 0.4) is 0 Å². The molecule has 0 amide bonds. The summed E-state index contributed by atoms with van der Waals surface area (Å²) in [6.45, 7) is 2.07. The highest BCUT2D eigenvalue weighted by atomic mass is 16.1. The van der Waals surface area contributed by atoms with Crippen molar-refractivity contribution >= 4 is 10.8 Å². The molecular formula is C9H11NO. The monoisotopic (exact) mass is 149 g/mol. The SMILES string of the molecule is CCc1cccc2c(=O)c12.N. The van der Waals surface area contributed by atoms with Crippen molar-refractivity contribution in [1.29, 1.82) is 0 Å². The zero-order valence-corrected chi connectivity index (χ0v) is 6.55. The predicted molar refractivity (Wildman–Crippen MR) is 47.0 cm³/mol. The Morgan fingerprint density at radius 2 is 2.09 bits per heavy atom. The second-order valence-corrected chi connectivity index (χ2v) is 2.52. The molecule has 2 nitrogen and oxygen atoms in total. The van der Waals surface area contributed by atoms with E-state index in [1.54, 1.807) is 0 Å². The van der Waals surface area contributed by atoms with Gasteiger partial charge in [-0.1, -0.05) is 25.1 Å². The van der Waals surface area contributed by atoms with Gasteiger partial charge in [0.15, 0.2) is 5.43 Å². The summed E-state index contributed by atoms with van der Waals surface area (Å²) in [4.78, 5) is 10.9. The highest BCUT2D eigenvalue weighted by Gasteiger charge is 2.13. The van der Waals surface area contributed by atoms with E-state index in [0.717, 1.165) is 17.2 Å². The van der Waals surface area contributed by atoms with E-state index in [1.807, 2.05) is 18.2 Å². The van der Waals surface area contributed by atoms with Crippen molar-refractivity contribution in [2.24, 2.45) is 0 Å². The molecule has 2 aromatic rings. The Balaban J connectivity index is 0.000000605. The molecule has 0 fully saturated rings. The van der Waals surface area contributed by atoms with Gasteiger partial charge in [-0.15, -0.1) is 0 Å². The summed E-state index contributed by atoms with van der Waals surface area (Å²) in [5.74, 6) is 0. The summed E-state index contributed by atoms with van der Waals surface area (Å²) < 4.78 is 0. The molecule has 0 radical (unpaired) electrons. The van der Waals surface area contributed by atoms with E-state index in [1.165, 1.54) is 5.56 Å². The molecule has 0 aliphatic rings. The predicted octanol–water partition coefficient (Wildman–Crippen LogP) is 1.80. The Labute approximate surface area is 65.1 Å². The molecule has 0 aromatic heterocycles. The maximum Gasteiger partial charge on any atom is 0.194 e. The molecule has 0 bridgehead atoms. The summed E-state index contributed by atoms with van der Waals surface area (Å²) in [5, 5.41) is 1.91. The second kappa shape index (κ2) is 2.47. The summed E-state index contributed by atoms with van der Waals surface area (Å²) in [6, 6.07) is 5.85. The molecule has 0 saturated carbocycles. The summed E-state index contributed by atoms with van der Waals surface area (Å²) in [7, 11) is 0. The van der Waals surface area contributed by atoms with Crippen LogP contribution < -0.4 is 11.6 Å². The molecule has 0 unspecified atom stereocenters. The highest BCUT2D eigenvalue weighted by molar-refractivity contribution is 5.99. The van der Waals surface area contributed by atoms with Crippen LogP contribution >= 0.6 is 0 Å². The van der Waals surface area contributed by atoms with Crippen molar-refractivity contribution in [1.82, 2.24) is 6.15 Å². The van der Waals surface area contributed by atoms with Crippen LogP contribution in [0.1, 0.15) is 12.5 Å². The number of hydrogen-bond donors (Lipinski definition) is 1. The minimum absolute atomic E-state index is 0. The van der Waals surface area contributed by atoms with E-state index in [4.69, 9.17) is 0 Å². The average Bonchev–Trinajstić information content (AvgIpc) is 2.63. The van der Waals surface area contributed by atoms with Crippen LogP contribution in [-0.2, 0) is 6.42 Å². The third-order valence-electron chi connectivity index (χ3n) is 1.94. The second-order valence-electron chi connectivity index (χ2n) is 2.52. The van der Waals surface area contributed by atoms with Gasteiger partial charge in [-0.2, -0.15) is 0 Å². The lowest BCUT2D eigenvalue weighted by molar-refractivity contribution is 1.16. The minimum atomic E-state index is 0. The fourth-order valence-electron chi connectivity index (χ4n) is 1.30. The molecule has 0 aliphatic heterocycles. The van der Waals surface area contributed by atoms with E-state index in [0.29, 0.717) is 0 Å². The molecule has 58 valence electrons. The molecule has 0 saturated heterocycles. The van der Waals surface area contributed by atoms with Crippen LogP contribution in [-0.4, -0.2) is 0 Å². The Kier molecular flexibility index (Phi) is 1.79. The largest absolute Gasteiger partial charge is 0.344 e. The fourth-order valence-corrected chi connectivity index (χ4v) is 1.30. The van der Waals surface area contributed by atoms with Crippen molar-refractivity contribution in [2.45, 2.75) is 13.3 Å². The molecule has 0 spiro atoms. The normalized spacial score (nSPS) is 10.3. The number of rotatable bonds is 1. The zero-order chi connectivity index (χ0) is 7.14. The lowest BCUT2D eigenvalue weighted by Gasteiger charge is -1.87. The smallest absolute Gasteiger partial charge is 0.194 e. The van der Waals surface area contributed by atoms with Gasteiger partial charge in [0.25, 0.3) is 0 Å². The molecule has 2 heteroatoms. The fraction of sp³-hybridized carbons (Fsp3) is 0.222. The van der Waals surface area contributed by atoms with Crippen LogP contribution in [0.2, 0.25) is 0 Å². The first-order valence-electron chi connectivity index (χ1n) is 3.51. The van der Waals surface area contributed by atoms with Crippen LogP contribution in [0, 0.1) is 0 Å². The van der Waals surface area contributed by atoms with E-state index in [-0.39, 0.29) is 11.6 Å². The van der Waals surface area contributed by atoms with Crippen LogP contribution in [0.5, 0.6) is 0 Å². The summed E-state index contributed by atoms with van der Waals surface area (Å²) >= 11 is 0. The molecule has 2 rings (SSSR count). The Morgan fingerprint density at radius 1 is 1.36 bits per heavy atom. The maximum atomic E-state index is 10.9. The Hall–Kier alpha value is -1.15. The first-order chi connectivity index (χ1) is 4.84. The molecule has 2 aromatic carbocycles. The van der Waals surface area contributed by atoms with Crippen molar-refractivity contribution in [3.63, 3.8) is 0 Å². The van der Waals surface area contributed by atoms with Gasteiger partial charge in [0.2, 0.25) is 0 Å². The zero-order valence-electron chi connectivity index (χ0n) is 6.55. The lowest BCUT2D eigenvalue weighted by atomic mass is 10.2. The average molecular weight is 149 g/mol. The van der Waals surface area contributed by atoms with Crippen LogP contribution in [0.4, 0.5) is 0 Å². The van der Waals surface area contributed by atoms with Crippen molar-refractivity contribution in [2.75, 3.05) is 0 Å². The van der Waals surface area contributed by atoms with E-state index in [9.17, 15) is 4.79 Å². The van der Waals surface area contributed by atoms with Crippen LogP contribution in [0.25, 0.3) is 10.8 Å².